The van der Waals surface area contributed by atoms with E-state index in [-0.39, 0.29) is 12.1 Å². The number of amides is 4. The molecule has 2 N–H and O–H groups in total. The molecule has 2 aliphatic heterocycles. The summed E-state index contributed by atoms with van der Waals surface area (Å²) in [6.45, 7) is 2.23. The third-order valence-electron chi connectivity index (χ3n) is 6.34. The minimum absolute atomic E-state index is 0.00632. The van der Waals surface area contributed by atoms with Crippen molar-refractivity contribution in [2.24, 2.45) is 17.8 Å². The van der Waals surface area contributed by atoms with Gasteiger partial charge in [0.15, 0.2) is 0 Å². The second-order valence-corrected chi connectivity index (χ2v) is 7.50. The Labute approximate surface area is 141 Å². The highest BCUT2D eigenvalue weighted by Crippen LogP contribution is 2.55. The number of rotatable bonds is 2. The lowest BCUT2D eigenvalue weighted by Crippen LogP contribution is -2.61. The van der Waals surface area contributed by atoms with Gasteiger partial charge in [-0.2, -0.15) is 0 Å². The summed E-state index contributed by atoms with van der Waals surface area (Å²) < 4.78 is 0. The average molecular weight is 326 g/mol. The summed E-state index contributed by atoms with van der Waals surface area (Å²) in [5.41, 5.74) is 1.58. The third-order valence-corrected chi connectivity index (χ3v) is 6.34. The minimum atomic E-state index is -0.0777. The third kappa shape index (κ3) is 2.01. The number of hydrogen-bond acceptors (Lipinski definition) is 2. The van der Waals surface area contributed by atoms with E-state index in [1.54, 1.807) is 4.90 Å². The first-order valence-corrected chi connectivity index (χ1v) is 8.94. The zero-order valence-corrected chi connectivity index (χ0v) is 13.6. The van der Waals surface area contributed by atoms with E-state index in [1.165, 1.54) is 19.3 Å². The molecular formula is C18H22N4O2. The highest BCUT2D eigenvalue weighted by atomic mass is 16.2. The van der Waals surface area contributed by atoms with Gasteiger partial charge in [0.2, 0.25) is 0 Å². The van der Waals surface area contributed by atoms with Crippen LogP contribution in [-0.4, -0.2) is 42.6 Å². The van der Waals surface area contributed by atoms with Crippen molar-refractivity contribution in [2.75, 3.05) is 29.9 Å². The molecule has 2 heterocycles. The van der Waals surface area contributed by atoms with Crippen LogP contribution in [0.3, 0.4) is 0 Å². The maximum atomic E-state index is 12.6. The van der Waals surface area contributed by atoms with E-state index in [1.807, 2.05) is 29.2 Å². The summed E-state index contributed by atoms with van der Waals surface area (Å²) in [5, 5.41) is 5.82. The molecule has 2 saturated heterocycles. The quantitative estimate of drug-likeness (QED) is 0.877. The second-order valence-electron chi connectivity index (χ2n) is 7.50. The number of benzene rings is 1. The van der Waals surface area contributed by atoms with Crippen LogP contribution >= 0.6 is 0 Å². The number of fused-ring (bicyclic) bond motifs is 5. The van der Waals surface area contributed by atoms with Gasteiger partial charge in [-0.3, -0.25) is 4.90 Å². The first kappa shape index (κ1) is 14.1. The molecule has 4 aliphatic rings. The number of hydrogen-bond donors (Lipinski definition) is 2. The molecule has 5 rings (SSSR count). The van der Waals surface area contributed by atoms with Crippen LogP contribution in [0.2, 0.25) is 0 Å². The molecule has 6 heteroatoms. The van der Waals surface area contributed by atoms with Crippen LogP contribution in [-0.2, 0) is 0 Å². The van der Waals surface area contributed by atoms with Gasteiger partial charge in [-0.1, -0.05) is 6.07 Å². The summed E-state index contributed by atoms with van der Waals surface area (Å²) in [7, 11) is 0. The van der Waals surface area contributed by atoms with Crippen LogP contribution < -0.4 is 15.5 Å². The van der Waals surface area contributed by atoms with Gasteiger partial charge in [0.1, 0.15) is 0 Å². The predicted molar refractivity (Wildman–Crippen MR) is 91.0 cm³/mol. The Balaban J connectivity index is 1.28. The second kappa shape index (κ2) is 5.13. The standard InChI is InChI=1S/C18H22N4O2/c23-17-19-6-7-21(17)14-3-1-2-13(9-14)20-18(24)22-10-15-11-4-5-12(8-11)16(15)22/h1-3,9,11-12,15-16H,4-8,10H2,(H,19,23)(H,20,24). The Kier molecular flexibility index (Phi) is 3.02. The Morgan fingerprint density at radius 1 is 1.25 bits per heavy atom. The summed E-state index contributed by atoms with van der Waals surface area (Å²) in [4.78, 5) is 28.1. The molecule has 4 fully saturated rings. The average Bonchev–Trinajstić information content (AvgIpc) is 3.21. The molecule has 0 spiro atoms. The molecule has 0 radical (unpaired) electrons. The van der Waals surface area contributed by atoms with Crippen molar-refractivity contribution in [2.45, 2.75) is 25.3 Å². The van der Waals surface area contributed by atoms with Gasteiger partial charge in [0, 0.05) is 43.0 Å². The van der Waals surface area contributed by atoms with Crippen molar-refractivity contribution in [3.8, 4) is 0 Å². The van der Waals surface area contributed by atoms with Crippen molar-refractivity contribution in [3.05, 3.63) is 24.3 Å². The zero-order valence-electron chi connectivity index (χ0n) is 13.6. The summed E-state index contributed by atoms with van der Waals surface area (Å²) in [6.07, 6.45) is 3.97. The minimum Gasteiger partial charge on any atom is -0.336 e. The molecule has 24 heavy (non-hydrogen) atoms. The number of nitrogens with one attached hydrogen (secondary N) is 2. The molecule has 4 atom stereocenters. The van der Waals surface area contributed by atoms with Crippen molar-refractivity contribution in [1.82, 2.24) is 10.2 Å². The number of nitrogens with zero attached hydrogens (tertiary/aromatic N) is 2. The van der Waals surface area contributed by atoms with E-state index in [0.717, 1.165) is 35.7 Å². The van der Waals surface area contributed by atoms with E-state index in [4.69, 9.17) is 0 Å². The largest absolute Gasteiger partial charge is 0.336 e. The fourth-order valence-corrected chi connectivity index (χ4v) is 5.22. The number of carbonyl (C=O) groups is 2. The molecule has 1 aromatic rings. The van der Waals surface area contributed by atoms with E-state index in [9.17, 15) is 9.59 Å². The summed E-state index contributed by atoms with van der Waals surface area (Å²) >= 11 is 0. The van der Waals surface area contributed by atoms with Gasteiger partial charge >= 0.3 is 12.1 Å². The van der Waals surface area contributed by atoms with Gasteiger partial charge in [-0.25, -0.2) is 9.59 Å². The molecule has 2 bridgehead atoms. The van der Waals surface area contributed by atoms with Crippen LogP contribution in [0.5, 0.6) is 0 Å². The van der Waals surface area contributed by atoms with Crippen LogP contribution in [0.4, 0.5) is 21.0 Å². The molecule has 6 nitrogen and oxygen atoms in total. The van der Waals surface area contributed by atoms with Gasteiger partial charge in [-0.15, -0.1) is 0 Å². The van der Waals surface area contributed by atoms with Crippen LogP contribution in [0.25, 0.3) is 0 Å². The van der Waals surface area contributed by atoms with Crippen molar-refractivity contribution in [1.29, 1.82) is 0 Å². The molecular weight excluding hydrogens is 304 g/mol. The number of likely N-dealkylation sites (tertiary alicyclic amines) is 1. The molecule has 4 amide bonds. The van der Waals surface area contributed by atoms with Crippen LogP contribution in [0.15, 0.2) is 24.3 Å². The van der Waals surface area contributed by atoms with Crippen molar-refractivity contribution in [3.63, 3.8) is 0 Å². The molecule has 2 aliphatic carbocycles. The van der Waals surface area contributed by atoms with Crippen LogP contribution in [0.1, 0.15) is 19.3 Å². The van der Waals surface area contributed by atoms with Gasteiger partial charge in [0.25, 0.3) is 0 Å². The molecule has 126 valence electrons. The molecule has 1 aromatic carbocycles. The molecule has 4 unspecified atom stereocenters. The fourth-order valence-electron chi connectivity index (χ4n) is 5.22. The van der Waals surface area contributed by atoms with E-state index in [0.29, 0.717) is 19.1 Å². The first-order chi connectivity index (χ1) is 11.7. The SMILES string of the molecule is O=C1NCCN1c1cccc(NC(=O)N2CC3C4CCC(C4)C32)c1. The normalized spacial score (nSPS) is 33.2. The van der Waals surface area contributed by atoms with E-state index < -0.39 is 0 Å². The van der Waals surface area contributed by atoms with E-state index in [2.05, 4.69) is 10.6 Å². The predicted octanol–water partition coefficient (Wildman–Crippen LogP) is 2.48. The fraction of sp³-hybridized carbons (Fsp3) is 0.556. The number of anilines is 2. The highest BCUT2D eigenvalue weighted by molar-refractivity contribution is 5.96. The summed E-state index contributed by atoms with van der Waals surface area (Å²) in [5.74, 6) is 2.33. The Morgan fingerprint density at radius 3 is 2.92 bits per heavy atom. The lowest BCUT2D eigenvalue weighted by atomic mass is 9.77. The van der Waals surface area contributed by atoms with E-state index >= 15 is 0 Å². The molecule has 0 aromatic heterocycles. The highest BCUT2D eigenvalue weighted by Gasteiger charge is 2.57. The smallest absolute Gasteiger partial charge is 0.322 e. The summed E-state index contributed by atoms with van der Waals surface area (Å²) in [6, 6.07) is 7.94. The Hall–Kier alpha value is -2.24. The van der Waals surface area contributed by atoms with Gasteiger partial charge in [0.05, 0.1) is 0 Å². The maximum absolute atomic E-state index is 12.6. The van der Waals surface area contributed by atoms with Gasteiger partial charge < -0.3 is 15.5 Å². The van der Waals surface area contributed by atoms with Crippen LogP contribution in [0, 0.1) is 17.8 Å². The Bertz CT molecular complexity index is 704. The molecule has 2 saturated carbocycles. The lowest BCUT2D eigenvalue weighted by Gasteiger charge is -2.50. The van der Waals surface area contributed by atoms with Crippen molar-refractivity contribution < 1.29 is 9.59 Å². The maximum Gasteiger partial charge on any atom is 0.322 e. The monoisotopic (exact) mass is 326 g/mol. The number of urea groups is 2. The lowest BCUT2D eigenvalue weighted by molar-refractivity contribution is 0.0177. The number of carbonyl (C=O) groups excluding carboxylic acids is 2. The zero-order chi connectivity index (χ0) is 16.3. The van der Waals surface area contributed by atoms with Crippen molar-refractivity contribution >= 4 is 23.4 Å². The Morgan fingerprint density at radius 2 is 2.12 bits per heavy atom. The van der Waals surface area contributed by atoms with Gasteiger partial charge in [-0.05, 0) is 49.3 Å². The topological polar surface area (TPSA) is 64.7 Å². The first-order valence-electron chi connectivity index (χ1n) is 8.94.